The number of pyridine rings is 2. The SMILES string of the molecule is Cc1cc(C)n(-c2[c-]c(Oc3[c-]c4c(cc3)c3ccccc3n4-c3ccccn3)ccc2)n1.Cc1cc(C)n(-c2cccc(Oc3ccc4c5ccccc5n(-c5ccccn5)c4c3)c2)n1.[Pt+2]. The molecule has 6 aromatic heterocycles. The van der Waals surface area contributed by atoms with Crippen LogP contribution in [-0.4, -0.2) is 38.7 Å². The Hall–Kier alpha value is -8.07. The van der Waals surface area contributed by atoms with Crippen LogP contribution in [0.15, 0.2) is 182 Å². The molecule has 0 aliphatic rings. The zero-order valence-electron chi connectivity index (χ0n) is 37.0. The van der Waals surface area contributed by atoms with E-state index in [2.05, 4.69) is 109 Å². The van der Waals surface area contributed by atoms with E-state index in [0.717, 1.165) is 90.1 Å². The van der Waals surface area contributed by atoms with Crippen molar-refractivity contribution in [3.8, 4) is 46.0 Å². The summed E-state index contributed by atoms with van der Waals surface area (Å²) in [4.78, 5) is 9.18. The maximum atomic E-state index is 6.31. The van der Waals surface area contributed by atoms with Gasteiger partial charge in [0.05, 0.1) is 28.1 Å². The molecule has 11 heteroatoms. The summed E-state index contributed by atoms with van der Waals surface area (Å²) in [6.45, 7) is 8.06. The Balaban J connectivity index is 0.000000154. The number of benzene rings is 6. The molecule has 0 bridgehead atoms. The second kappa shape index (κ2) is 18.1. The molecule has 0 spiro atoms. The van der Waals surface area contributed by atoms with Gasteiger partial charge >= 0.3 is 21.1 Å². The predicted octanol–water partition coefficient (Wildman–Crippen LogP) is 13.1. The third-order valence-electron chi connectivity index (χ3n) is 11.5. The fraction of sp³-hybridized carbons (Fsp3) is 0.0714. The summed E-state index contributed by atoms with van der Waals surface area (Å²) in [5.74, 6) is 4.48. The van der Waals surface area contributed by atoms with E-state index < -0.39 is 0 Å². The normalized spacial score (nSPS) is 11.2. The van der Waals surface area contributed by atoms with Gasteiger partial charge in [0.1, 0.15) is 23.1 Å². The minimum Gasteiger partial charge on any atom is -0.509 e. The van der Waals surface area contributed by atoms with Crippen LogP contribution in [0.2, 0.25) is 0 Å². The molecule has 0 saturated carbocycles. The maximum Gasteiger partial charge on any atom is 2.00 e. The van der Waals surface area contributed by atoms with Crippen molar-refractivity contribution in [1.29, 1.82) is 0 Å². The van der Waals surface area contributed by atoms with Gasteiger partial charge in [-0.3, -0.25) is 9.25 Å². The first kappa shape index (κ1) is 42.9. The summed E-state index contributed by atoms with van der Waals surface area (Å²) in [6, 6.07) is 63.5. The van der Waals surface area contributed by atoms with E-state index in [1.165, 1.54) is 10.8 Å². The number of hydrogen-bond acceptors (Lipinski definition) is 6. The molecule has 0 radical (unpaired) electrons. The van der Waals surface area contributed by atoms with Crippen molar-refractivity contribution in [3.63, 3.8) is 0 Å². The summed E-state index contributed by atoms with van der Waals surface area (Å²) < 4.78 is 20.6. The van der Waals surface area contributed by atoms with Crippen LogP contribution in [0.4, 0.5) is 0 Å². The Morgan fingerprint density at radius 1 is 0.433 bits per heavy atom. The molecule has 12 aromatic rings. The molecule has 0 amide bonds. The van der Waals surface area contributed by atoms with E-state index in [1.807, 2.05) is 146 Å². The van der Waals surface area contributed by atoms with E-state index in [1.54, 1.807) is 6.20 Å². The maximum absolute atomic E-state index is 6.31. The van der Waals surface area contributed by atoms with Crippen LogP contribution in [0.5, 0.6) is 23.0 Å². The van der Waals surface area contributed by atoms with Gasteiger partial charge in [0.15, 0.2) is 0 Å². The number of aromatic nitrogens is 8. The van der Waals surface area contributed by atoms with Crippen molar-refractivity contribution in [2.75, 3.05) is 0 Å². The Morgan fingerprint density at radius 2 is 1.01 bits per heavy atom. The first-order chi connectivity index (χ1) is 32.3. The van der Waals surface area contributed by atoms with E-state index in [-0.39, 0.29) is 21.1 Å². The number of fused-ring (bicyclic) bond motifs is 6. The monoisotopic (exact) mass is 1050 g/mol. The first-order valence-electron chi connectivity index (χ1n) is 21.7. The van der Waals surface area contributed by atoms with Crippen LogP contribution in [0.3, 0.4) is 0 Å². The Morgan fingerprint density at radius 3 is 1.70 bits per heavy atom. The summed E-state index contributed by atoms with van der Waals surface area (Å²) in [5, 5.41) is 13.8. The fourth-order valence-electron chi connectivity index (χ4n) is 8.72. The molecule has 0 aliphatic carbocycles. The summed E-state index contributed by atoms with van der Waals surface area (Å²) in [5.41, 5.74) is 10.1. The molecule has 10 nitrogen and oxygen atoms in total. The van der Waals surface area contributed by atoms with Gasteiger partial charge in [-0.2, -0.15) is 22.3 Å². The molecule has 0 atom stereocenters. The van der Waals surface area contributed by atoms with Crippen LogP contribution < -0.4 is 9.47 Å². The molecule has 67 heavy (non-hydrogen) atoms. The van der Waals surface area contributed by atoms with Gasteiger partial charge < -0.3 is 14.0 Å². The van der Waals surface area contributed by atoms with Crippen molar-refractivity contribution >= 4 is 43.6 Å². The number of nitrogens with zero attached hydrogens (tertiary/aromatic N) is 8. The molecule has 328 valence electrons. The van der Waals surface area contributed by atoms with Crippen molar-refractivity contribution in [2.45, 2.75) is 27.7 Å². The second-order valence-corrected chi connectivity index (χ2v) is 16.1. The van der Waals surface area contributed by atoms with Gasteiger partial charge in [0, 0.05) is 63.7 Å². The topological polar surface area (TPSA) is 89.7 Å². The predicted molar refractivity (Wildman–Crippen MR) is 261 cm³/mol. The number of ether oxygens (including phenoxy) is 2. The van der Waals surface area contributed by atoms with E-state index in [9.17, 15) is 0 Å². The molecule has 0 saturated heterocycles. The van der Waals surface area contributed by atoms with Crippen molar-refractivity contribution in [3.05, 3.63) is 217 Å². The molecule has 0 aliphatic heterocycles. The number of aryl methyl sites for hydroxylation is 4. The van der Waals surface area contributed by atoms with Crippen LogP contribution in [0, 0.1) is 39.8 Å². The first-order valence-corrected chi connectivity index (χ1v) is 21.7. The van der Waals surface area contributed by atoms with Gasteiger partial charge in [-0.05, 0) is 112 Å². The largest absolute Gasteiger partial charge is 2.00 e. The molecule has 6 aromatic carbocycles. The summed E-state index contributed by atoms with van der Waals surface area (Å²) in [7, 11) is 0. The van der Waals surface area contributed by atoms with E-state index >= 15 is 0 Å². The quantitative estimate of drug-likeness (QED) is 0.141. The fourth-order valence-corrected chi connectivity index (χ4v) is 8.72. The van der Waals surface area contributed by atoms with Gasteiger partial charge in [0.25, 0.3) is 0 Å². The standard InChI is InChI=1S/C28H22N4O.C28H20N4O.Pt/c2*1-19-16-20(2)32(30-19)21-8-7-9-22(17-21)33-23-13-14-25-24-10-3-4-11-26(24)31(27(25)18-23)28-12-5-6-15-29-28;/h3-18H,1-2H3;3-16H,1-2H3;/q;-2;+2. The Kier molecular flexibility index (Phi) is 11.6. The van der Waals surface area contributed by atoms with Crippen LogP contribution in [-0.2, 0) is 21.1 Å². The Bertz CT molecular complexity index is 3480. The molecular weight excluding hydrogens is 1010 g/mol. The molecule has 12 rings (SSSR count). The van der Waals surface area contributed by atoms with Gasteiger partial charge in [-0.15, -0.1) is 35.7 Å². The van der Waals surface area contributed by atoms with Gasteiger partial charge in [0.2, 0.25) is 0 Å². The third kappa shape index (κ3) is 8.28. The number of para-hydroxylation sites is 2. The van der Waals surface area contributed by atoms with Gasteiger partial charge in [-0.1, -0.05) is 60.1 Å². The zero-order valence-corrected chi connectivity index (χ0v) is 39.3. The van der Waals surface area contributed by atoms with Crippen LogP contribution in [0.1, 0.15) is 22.8 Å². The average molecular weight is 1050 g/mol. The smallest absolute Gasteiger partial charge is 0.509 e. The summed E-state index contributed by atoms with van der Waals surface area (Å²) in [6.07, 6.45) is 3.62. The summed E-state index contributed by atoms with van der Waals surface area (Å²) >= 11 is 0. The molecular formula is C56H42N8O2Pt. The van der Waals surface area contributed by atoms with Crippen LogP contribution >= 0.6 is 0 Å². The number of rotatable bonds is 8. The van der Waals surface area contributed by atoms with Crippen LogP contribution in [0.25, 0.3) is 66.6 Å². The third-order valence-corrected chi connectivity index (χ3v) is 11.5. The molecule has 0 unspecified atom stereocenters. The van der Waals surface area contributed by atoms with Gasteiger partial charge in [-0.25, -0.2) is 14.6 Å². The van der Waals surface area contributed by atoms with Crippen molar-refractivity contribution in [1.82, 2.24) is 38.7 Å². The van der Waals surface area contributed by atoms with Crippen molar-refractivity contribution < 1.29 is 30.5 Å². The zero-order chi connectivity index (χ0) is 44.7. The minimum atomic E-state index is 0. The minimum absolute atomic E-state index is 0. The average Bonchev–Trinajstić information content (AvgIpc) is 4.08. The second-order valence-electron chi connectivity index (χ2n) is 16.1. The Labute approximate surface area is 401 Å². The molecule has 6 heterocycles. The number of hydrogen-bond donors (Lipinski definition) is 0. The van der Waals surface area contributed by atoms with E-state index in [0.29, 0.717) is 11.5 Å². The van der Waals surface area contributed by atoms with Crippen molar-refractivity contribution in [2.24, 2.45) is 0 Å². The molecule has 0 N–H and O–H groups in total. The van der Waals surface area contributed by atoms with E-state index in [4.69, 9.17) is 9.47 Å². The molecule has 0 fully saturated rings.